The van der Waals surface area contributed by atoms with E-state index in [0.717, 1.165) is 23.8 Å². The third-order valence-corrected chi connectivity index (χ3v) is 3.31. The molecule has 0 unspecified atom stereocenters. The van der Waals surface area contributed by atoms with Crippen molar-refractivity contribution in [3.05, 3.63) is 70.8 Å². The van der Waals surface area contributed by atoms with Crippen molar-refractivity contribution < 1.29 is 0 Å². The maximum absolute atomic E-state index is 8.88. The summed E-state index contributed by atoms with van der Waals surface area (Å²) in [5.41, 5.74) is 2.82. The van der Waals surface area contributed by atoms with Crippen molar-refractivity contribution in [3.63, 3.8) is 0 Å². The quantitative estimate of drug-likeness (QED) is 0.653. The SMILES string of the molecule is N#Cc1ccc(C(c2ccc(C#N)cc2)N(C=N)C=N)cc1. The van der Waals surface area contributed by atoms with Gasteiger partial charge in [0.15, 0.2) is 0 Å². The number of hydrogen-bond donors (Lipinski definition) is 2. The van der Waals surface area contributed by atoms with E-state index >= 15 is 0 Å². The fourth-order valence-corrected chi connectivity index (χ4v) is 2.20. The third-order valence-electron chi connectivity index (χ3n) is 3.31. The fraction of sp³-hybridized carbons (Fsp3) is 0.0588. The van der Waals surface area contributed by atoms with Crippen LogP contribution in [-0.4, -0.2) is 17.6 Å². The summed E-state index contributed by atoms with van der Waals surface area (Å²) in [6, 6.07) is 17.8. The van der Waals surface area contributed by atoms with Crippen LogP contribution >= 0.6 is 0 Å². The van der Waals surface area contributed by atoms with E-state index < -0.39 is 0 Å². The summed E-state index contributed by atoms with van der Waals surface area (Å²) in [6.45, 7) is 0. The Morgan fingerprint density at radius 1 is 0.773 bits per heavy atom. The van der Waals surface area contributed by atoms with Crippen LogP contribution in [0.1, 0.15) is 28.3 Å². The average molecular weight is 287 g/mol. The van der Waals surface area contributed by atoms with Crippen molar-refractivity contribution >= 4 is 12.7 Å². The van der Waals surface area contributed by atoms with Crippen molar-refractivity contribution in [3.8, 4) is 12.1 Å². The fourth-order valence-electron chi connectivity index (χ4n) is 2.20. The molecule has 2 aromatic carbocycles. The number of benzene rings is 2. The molecule has 0 spiro atoms. The van der Waals surface area contributed by atoms with Gasteiger partial charge in [0.25, 0.3) is 0 Å². The van der Waals surface area contributed by atoms with Gasteiger partial charge in [0.2, 0.25) is 0 Å². The zero-order valence-electron chi connectivity index (χ0n) is 11.7. The Bertz CT molecular complexity index is 682. The van der Waals surface area contributed by atoms with Crippen LogP contribution in [0.3, 0.4) is 0 Å². The highest BCUT2D eigenvalue weighted by Gasteiger charge is 2.19. The minimum absolute atomic E-state index is 0.351. The Morgan fingerprint density at radius 2 is 1.14 bits per heavy atom. The minimum Gasteiger partial charge on any atom is -0.312 e. The second-order valence-electron chi connectivity index (χ2n) is 4.58. The molecule has 0 atom stereocenters. The van der Waals surface area contributed by atoms with Gasteiger partial charge in [-0.1, -0.05) is 24.3 Å². The van der Waals surface area contributed by atoms with Crippen molar-refractivity contribution in [2.24, 2.45) is 0 Å². The van der Waals surface area contributed by atoms with E-state index in [9.17, 15) is 0 Å². The molecule has 0 bridgehead atoms. The largest absolute Gasteiger partial charge is 0.312 e. The highest BCUT2D eigenvalue weighted by atomic mass is 15.2. The molecule has 106 valence electrons. The molecule has 0 amide bonds. The van der Waals surface area contributed by atoms with Gasteiger partial charge >= 0.3 is 0 Å². The lowest BCUT2D eigenvalue weighted by Gasteiger charge is -2.26. The number of nitriles is 2. The summed E-state index contributed by atoms with van der Waals surface area (Å²) in [6.07, 6.45) is 2.15. The Kier molecular flexibility index (Phi) is 4.64. The molecule has 0 saturated heterocycles. The first-order valence-electron chi connectivity index (χ1n) is 6.52. The van der Waals surface area contributed by atoms with Crippen molar-refractivity contribution in [2.45, 2.75) is 6.04 Å². The molecule has 0 aliphatic heterocycles. The minimum atomic E-state index is -0.351. The monoisotopic (exact) mass is 287 g/mol. The summed E-state index contributed by atoms with van der Waals surface area (Å²) in [7, 11) is 0. The Labute approximate surface area is 128 Å². The highest BCUT2D eigenvalue weighted by Crippen LogP contribution is 2.27. The molecular formula is C17H13N5. The summed E-state index contributed by atoms with van der Waals surface area (Å²) in [4.78, 5) is 1.45. The van der Waals surface area contributed by atoms with E-state index in [1.165, 1.54) is 4.90 Å². The van der Waals surface area contributed by atoms with Crippen molar-refractivity contribution in [2.75, 3.05) is 0 Å². The number of nitrogens with zero attached hydrogens (tertiary/aromatic N) is 3. The molecule has 2 aromatic rings. The second kappa shape index (κ2) is 6.83. The van der Waals surface area contributed by atoms with Gasteiger partial charge in [-0.25, -0.2) is 0 Å². The van der Waals surface area contributed by atoms with E-state index in [2.05, 4.69) is 12.1 Å². The van der Waals surface area contributed by atoms with E-state index in [0.29, 0.717) is 11.1 Å². The first-order valence-corrected chi connectivity index (χ1v) is 6.52. The van der Waals surface area contributed by atoms with Gasteiger partial charge < -0.3 is 4.90 Å². The van der Waals surface area contributed by atoms with Crippen LogP contribution in [-0.2, 0) is 0 Å². The molecule has 0 radical (unpaired) electrons. The molecule has 5 nitrogen and oxygen atoms in total. The predicted molar refractivity (Wildman–Crippen MR) is 83.6 cm³/mol. The van der Waals surface area contributed by atoms with Crippen LogP contribution < -0.4 is 0 Å². The topological polar surface area (TPSA) is 98.5 Å². The Balaban J connectivity index is 2.49. The van der Waals surface area contributed by atoms with Gasteiger partial charge in [-0.2, -0.15) is 10.5 Å². The van der Waals surface area contributed by atoms with E-state index in [1.54, 1.807) is 48.5 Å². The lowest BCUT2D eigenvalue weighted by Crippen LogP contribution is -2.26. The van der Waals surface area contributed by atoms with Gasteiger partial charge in [-0.15, -0.1) is 0 Å². The standard InChI is InChI=1S/C17H13N5/c18-9-13-1-5-15(6-2-13)17(22(11-20)12-21)16-7-3-14(10-19)4-8-16/h1-8,11-12,17,20-21H. The van der Waals surface area contributed by atoms with Gasteiger partial charge in [0, 0.05) is 0 Å². The van der Waals surface area contributed by atoms with Crippen LogP contribution in [0.25, 0.3) is 0 Å². The summed E-state index contributed by atoms with van der Waals surface area (Å²) >= 11 is 0. The first-order chi connectivity index (χ1) is 10.7. The maximum Gasteiger partial charge on any atom is 0.0991 e. The smallest absolute Gasteiger partial charge is 0.0991 e. The van der Waals surface area contributed by atoms with Crippen LogP contribution in [0.4, 0.5) is 0 Å². The first kappa shape index (κ1) is 15.0. The molecule has 5 heteroatoms. The molecule has 0 aliphatic rings. The van der Waals surface area contributed by atoms with E-state index in [4.69, 9.17) is 21.3 Å². The van der Waals surface area contributed by atoms with Gasteiger partial charge in [0.1, 0.15) is 0 Å². The molecule has 2 rings (SSSR count). The van der Waals surface area contributed by atoms with Gasteiger partial charge in [-0.05, 0) is 35.4 Å². The summed E-state index contributed by atoms with van der Waals surface area (Å²) in [5, 5.41) is 32.7. The molecule has 0 fully saturated rings. The normalized spacial score (nSPS) is 9.59. The van der Waals surface area contributed by atoms with Crippen LogP contribution in [0.5, 0.6) is 0 Å². The zero-order valence-corrected chi connectivity index (χ0v) is 11.7. The van der Waals surface area contributed by atoms with E-state index in [1.807, 2.05) is 0 Å². The summed E-state index contributed by atoms with van der Waals surface area (Å²) in [5.74, 6) is 0. The molecule has 2 N–H and O–H groups in total. The van der Waals surface area contributed by atoms with Gasteiger partial charge in [0.05, 0.1) is 42.0 Å². The molecule has 0 heterocycles. The van der Waals surface area contributed by atoms with Crippen LogP contribution in [0, 0.1) is 33.5 Å². The maximum atomic E-state index is 8.88. The van der Waals surface area contributed by atoms with Crippen LogP contribution in [0.15, 0.2) is 48.5 Å². The lowest BCUT2D eigenvalue weighted by molar-refractivity contribution is 0.535. The molecular weight excluding hydrogens is 274 g/mol. The van der Waals surface area contributed by atoms with Crippen molar-refractivity contribution in [1.29, 1.82) is 21.3 Å². The number of nitrogens with one attached hydrogen (secondary N) is 2. The molecule has 0 aromatic heterocycles. The van der Waals surface area contributed by atoms with Crippen molar-refractivity contribution in [1.82, 2.24) is 4.90 Å². The average Bonchev–Trinajstić information content (AvgIpc) is 2.60. The zero-order chi connectivity index (χ0) is 15.9. The van der Waals surface area contributed by atoms with Crippen LogP contribution in [0.2, 0.25) is 0 Å². The highest BCUT2D eigenvalue weighted by molar-refractivity contribution is 5.73. The number of rotatable bonds is 5. The Morgan fingerprint density at radius 3 is 1.41 bits per heavy atom. The third kappa shape index (κ3) is 3.00. The lowest BCUT2D eigenvalue weighted by atomic mass is 9.96. The Hall–Kier alpha value is -3.44. The second-order valence-corrected chi connectivity index (χ2v) is 4.58. The molecule has 0 aliphatic carbocycles. The summed E-state index contributed by atoms with van der Waals surface area (Å²) < 4.78 is 0. The predicted octanol–water partition coefficient (Wildman–Crippen LogP) is 3.04. The number of hydrogen-bond acceptors (Lipinski definition) is 4. The molecule has 22 heavy (non-hydrogen) atoms. The van der Waals surface area contributed by atoms with E-state index in [-0.39, 0.29) is 6.04 Å². The molecule has 0 saturated carbocycles. The van der Waals surface area contributed by atoms with Gasteiger partial charge in [-0.3, -0.25) is 10.8 Å².